The van der Waals surface area contributed by atoms with Crippen molar-refractivity contribution in [1.29, 1.82) is 0 Å². The van der Waals surface area contributed by atoms with Crippen molar-refractivity contribution in [3.63, 3.8) is 0 Å². The topological polar surface area (TPSA) is 92.5 Å². The van der Waals surface area contributed by atoms with Crippen LogP contribution in [0.1, 0.15) is 0 Å². The Balaban J connectivity index is 1.92. The van der Waals surface area contributed by atoms with Crippen LogP contribution in [0.4, 0.5) is 21.8 Å². The third-order valence-electron chi connectivity index (χ3n) is 2.47. The minimum Gasteiger partial charge on any atom is -0.381 e. The van der Waals surface area contributed by atoms with Gasteiger partial charge < -0.3 is 11.1 Å². The number of fused-ring (bicyclic) bond motifs is 1. The summed E-state index contributed by atoms with van der Waals surface area (Å²) >= 11 is 0. The zero-order valence-corrected chi connectivity index (χ0v) is 9.18. The molecule has 0 saturated heterocycles. The van der Waals surface area contributed by atoms with Gasteiger partial charge in [-0.2, -0.15) is 10.1 Å². The van der Waals surface area contributed by atoms with E-state index in [0.717, 1.165) is 22.8 Å². The molecule has 2 aromatic heterocycles. The fourth-order valence-corrected chi connectivity index (χ4v) is 1.59. The molecule has 6 nitrogen and oxygen atoms in total. The van der Waals surface area contributed by atoms with Crippen LogP contribution < -0.4 is 11.1 Å². The molecule has 2 heterocycles. The molecule has 3 aromatic rings. The first-order chi connectivity index (χ1) is 8.72. The summed E-state index contributed by atoms with van der Waals surface area (Å²) in [5.74, 6) is -0.570. The number of anilines is 3. The minimum absolute atomic E-state index is 0.183. The molecule has 0 atom stereocenters. The number of H-pyrrole nitrogens is 1. The summed E-state index contributed by atoms with van der Waals surface area (Å²) in [6.07, 6.45) is 2.74. The van der Waals surface area contributed by atoms with Gasteiger partial charge in [0.25, 0.3) is 0 Å². The predicted octanol–water partition coefficient (Wildman–Crippen LogP) is 1.82. The zero-order valence-electron chi connectivity index (χ0n) is 9.18. The lowest BCUT2D eigenvalue weighted by Crippen LogP contribution is -2.02. The summed E-state index contributed by atoms with van der Waals surface area (Å²) < 4.78 is 12.9. The summed E-state index contributed by atoms with van der Waals surface area (Å²) in [5.41, 5.74) is 7.07. The van der Waals surface area contributed by atoms with E-state index in [1.807, 2.05) is 18.2 Å². The van der Waals surface area contributed by atoms with E-state index in [9.17, 15) is 4.39 Å². The fourth-order valence-electron chi connectivity index (χ4n) is 1.59. The second-order valence-corrected chi connectivity index (χ2v) is 3.72. The highest BCUT2D eigenvalue weighted by molar-refractivity contribution is 5.82. The molecule has 0 amide bonds. The van der Waals surface area contributed by atoms with Gasteiger partial charge in [0.05, 0.1) is 17.9 Å². The molecule has 0 aliphatic rings. The van der Waals surface area contributed by atoms with Crippen molar-refractivity contribution < 1.29 is 4.39 Å². The van der Waals surface area contributed by atoms with E-state index >= 15 is 0 Å². The molecule has 4 N–H and O–H groups in total. The van der Waals surface area contributed by atoms with Gasteiger partial charge in [0.15, 0.2) is 11.6 Å². The molecule has 0 aliphatic heterocycles. The van der Waals surface area contributed by atoms with E-state index in [1.165, 1.54) is 0 Å². The third-order valence-corrected chi connectivity index (χ3v) is 2.47. The highest BCUT2D eigenvalue weighted by atomic mass is 19.1. The number of nitrogens with one attached hydrogen (secondary N) is 2. The molecule has 0 fully saturated rings. The van der Waals surface area contributed by atoms with Gasteiger partial charge in [-0.1, -0.05) is 0 Å². The standard InChI is InChI=1S/C11H9FN6/c12-8-5-14-11(17-10(8)13)16-7-1-2-9-6(3-7)4-15-18-9/h1-5H,(H,15,18)(H3,13,14,16,17). The van der Waals surface area contributed by atoms with Crippen molar-refractivity contribution in [3.8, 4) is 0 Å². The van der Waals surface area contributed by atoms with E-state index in [4.69, 9.17) is 5.73 Å². The number of aromatic nitrogens is 4. The Kier molecular flexibility index (Phi) is 2.30. The Morgan fingerprint density at radius 3 is 3.00 bits per heavy atom. The normalized spacial score (nSPS) is 10.7. The highest BCUT2D eigenvalue weighted by Gasteiger charge is 2.04. The number of aromatic amines is 1. The van der Waals surface area contributed by atoms with Crippen LogP contribution in [-0.4, -0.2) is 20.2 Å². The predicted molar refractivity (Wildman–Crippen MR) is 65.8 cm³/mol. The van der Waals surface area contributed by atoms with Crippen LogP contribution in [-0.2, 0) is 0 Å². The number of hydrogen-bond acceptors (Lipinski definition) is 5. The summed E-state index contributed by atoms with van der Waals surface area (Å²) in [5, 5.41) is 10.7. The number of hydrogen-bond donors (Lipinski definition) is 3. The van der Waals surface area contributed by atoms with Crippen LogP contribution in [0.2, 0.25) is 0 Å². The van der Waals surface area contributed by atoms with Gasteiger partial charge in [0.2, 0.25) is 5.95 Å². The Bertz CT molecular complexity index is 708. The minimum atomic E-state index is -0.633. The van der Waals surface area contributed by atoms with Crippen LogP contribution in [0, 0.1) is 5.82 Å². The van der Waals surface area contributed by atoms with E-state index in [-0.39, 0.29) is 11.8 Å². The summed E-state index contributed by atoms with van der Waals surface area (Å²) in [4.78, 5) is 7.59. The highest BCUT2D eigenvalue weighted by Crippen LogP contribution is 2.19. The van der Waals surface area contributed by atoms with Crippen molar-refractivity contribution in [2.75, 3.05) is 11.1 Å². The number of halogens is 1. The molecular formula is C11H9FN6. The zero-order chi connectivity index (χ0) is 12.5. The fraction of sp³-hybridized carbons (Fsp3) is 0. The molecule has 7 heteroatoms. The Morgan fingerprint density at radius 2 is 2.17 bits per heavy atom. The molecular weight excluding hydrogens is 235 g/mol. The number of nitrogens with two attached hydrogens (primary N) is 1. The van der Waals surface area contributed by atoms with E-state index in [1.54, 1.807) is 6.20 Å². The van der Waals surface area contributed by atoms with Crippen LogP contribution in [0.25, 0.3) is 10.9 Å². The first-order valence-electron chi connectivity index (χ1n) is 5.20. The molecule has 1 aromatic carbocycles. The van der Waals surface area contributed by atoms with Crippen LogP contribution in [0.15, 0.2) is 30.6 Å². The summed E-state index contributed by atoms with van der Waals surface area (Å²) in [6.45, 7) is 0. The van der Waals surface area contributed by atoms with Gasteiger partial charge in [-0.05, 0) is 18.2 Å². The SMILES string of the molecule is Nc1nc(Nc2ccc3[nH]ncc3c2)ncc1F. The van der Waals surface area contributed by atoms with Gasteiger partial charge in [-0.25, -0.2) is 9.37 Å². The molecule has 90 valence electrons. The Labute approximate surface area is 101 Å². The second kappa shape index (κ2) is 3.95. The smallest absolute Gasteiger partial charge is 0.229 e. The van der Waals surface area contributed by atoms with Crippen molar-refractivity contribution >= 4 is 28.4 Å². The van der Waals surface area contributed by atoms with Crippen LogP contribution in [0.5, 0.6) is 0 Å². The van der Waals surface area contributed by atoms with Crippen molar-refractivity contribution in [3.05, 3.63) is 36.4 Å². The molecule has 0 aliphatic carbocycles. The number of nitrogen functional groups attached to an aromatic ring is 1. The summed E-state index contributed by atoms with van der Waals surface area (Å²) in [7, 11) is 0. The van der Waals surface area contributed by atoms with Gasteiger partial charge in [-0.3, -0.25) is 5.10 Å². The van der Waals surface area contributed by atoms with Crippen LogP contribution in [0.3, 0.4) is 0 Å². The maximum Gasteiger partial charge on any atom is 0.229 e. The number of benzene rings is 1. The lowest BCUT2D eigenvalue weighted by molar-refractivity contribution is 0.620. The maximum atomic E-state index is 12.9. The summed E-state index contributed by atoms with van der Waals surface area (Å²) in [6, 6.07) is 5.59. The van der Waals surface area contributed by atoms with Gasteiger partial charge in [-0.15, -0.1) is 0 Å². The molecule has 3 rings (SSSR count). The van der Waals surface area contributed by atoms with Crippen molar-refractivity contribution in [2.45, 2.75) is 0 Å². The second-order valence-electron chi connectivity index (χ2n) is 3.72. The molecule has 0 saturated carbocycles. The Morgan fingerprint density at radius 1 is 1.28 bits per heavy atom. The molecule has 0 bridgehead atoms. The van der Waals surface area contributed by atoms with Gasteiger partial charge >= 0.3 is 0 Å². The van der Waals surface area contributed by atoms with Crippen molar-refractivity contribution in [1.82, 2.24) is 20.2 Å². The number of rotatable bonds is 2. The molecule has 18 heavy (non-hydrogen) atoms. The van der Waals surface area contributed by atoms with Crippen LogP contribution >= 0.6 is 0 Å². The van der Waals surface area contributed by atoms with E-state index < -0.39 is 5.82 Å². The monoisotopic (exact) mass is 244 g/mol. The average Bonchev–Trinajstić information content (AvgIpc) is 2.81. The molecule has 0 spiro atoms. The van der Waals surface area contributed by atoms with Gasteiger partial charge in [0.1, 0.15) is 0 Å². The van der Waals surface area contributed by atoms with E-state index in [0.29, 0.717) is 0 Å². The lowest BCUT2D eigenvalue weighted by Gasteiger charge is -2.05. The van der Waals surface area contributed by atoms with E-state index in [2.05, 4.69) is 25.5 Å². The quantitative estimate of drug-likeness (QED) is 0.639. The average molecular weight is 244 g/mol. The molecule has 0 unspecified atom stereocenters. The first-order valence-corrected chi connectivity index (χ1v) is 5.20. The first kappa shape index (κ1) is 10.5. The van der Waals surface area contributed by atoms with Crippen molar-refractivity contribution in [2.24, 2.45) is 0 Å². The lowest BCUT2D eigenvalue weighted by atomic mass is 10.2. The number of nitrogens with zero attached hydrogens (tertiary/aromatic N) is 3. The maximum absolute atomic E-state index is 12.9. The Hall–Kier alpha value is -2.70. The molecule has 0 radical (unpaired) electrons. The largest absolute Gasteiger partial charge is 0.381 e. The third kappa shape index (κ3) is 1.81. The van der Waals surface area contributed by atoms with Gasteiger partial charge in [0, 0.05) is 11.1 Å².